The summed E-state index contributed by atoms with van der Waals surface area (Å²) in [7, 11) is 0. The first-order chi connectivity index (χ1) is 6.00. The van der Waals surface area contributed by atoms with Crippen LogP contribution < -0.4 is 5.73 Å². The minimum Gasteiger partial charge on any atom is -0.393 e. The van der Waals surface area contributed by atoms with Crippen LogP contribution in [-0.2, 0) is 0 Å². The van der Waals surface area contributed by atoms with Crippen molar-refractivity contribution in [2.24, 2.45) is 23.5 Å². The lowest BCUT2D eigenvalue weighted by molar-refractivity contribution is 0.305. The van der Waals surface area contributed by atoms with Crippen LogP contribution in [0.25, 0.3) is 0 Å². The van der Waals surface area contributed by atoms with Crippen LogP contribution in [0.5, 0.6) is 0 Å². The number of hydrogen-bond donors (Lipinski definition) is 1. The molecule has 0 bridgehead atoms. The molecule has 13 heavy (non-hydrogen) atoms. The first-order valence-electron chi connectivity index (χ1n) is 5.02. The SMILES string of the molecule is CC(CN1CC(C)C(C)C1)C(N)=S. The molecule has 1 rings (SSSR count). The Labute approximate surface area is 86.5 Å². The van der Waals surface area contributed by atoms with Crippen molar-refractivity contribution in [3.63, 3.8) is 0 Å². The van der Waals surface area contributed by atoms with Crippen LogP contribution in [0, 0.1) is 17.8 Å². The van der Waals surface area contributed by atoms with Crippen LogP contribution in [0.15, 0.2) is 0 Å². The summed E-state index contributed by atoms with van der Waals surface area (Å²) in [5, 5.41) is 0. The van der Waals surface area contributed by atoms with Crippen molar-refractivity contribution in [1.29, 1.82) is 0 Å². The van der Waals surface area contributed by atoms with Crippen molar-refractivity contribution >= 4 is 17.2 Å². The lowest BCUT2D eigenvalue weighted by Gasteiger charge is -2.19. The fourth-order valence-electron chi connectivity index (χ4n) is 1.88. The first-order valence-corrected chi connectivity index (χ1v) is 5.43. The second-order valence-corrected chi connectivity index (χ2v) is 4.95. The highest BCUT2D eigenvalue weighted by atomic mass is 32.1. The summed E-state index contributed by atoms with van der Waals surface area (Å²) in [6, 6.07) is 0. The van der Waals surface area contributed by atoms with Gasteiger partial charge in [-0.25, -0.2) is 0 Å². The van der Waals surface area contributed by atoms with Gasteiger partial charge in [0.05, 0.1) is 4.99 Å². The molecule has 76 valence electrons. The predicted octanol–water partition coefficient (Wildman–Crippen LogP) is 1.50. The summed E-state index contributed by atoms with van der Waals surface area (Å²) in [4.78, 5) is 3.12. The topological polar surface area (TPSA) is 29.3 Å². The Bertz CT molecular complexity index is 183. The Hall–Kier alpha value is -0.150. The van der Waals surface area contributed by atoms with Gasteiger partial charge in [0, 0.05) is 25.6 Å². The third-order valence-electron chi connectivity index (χ3n) is 3.08. The molecule has 1 heterocycles. The summed E-state index contributed by atoms with van der Waals surface area (Å²) >= 11 is 4.96. The van der Waals surface area contributed by atoms with Crippen LogP contribution in [0.1, 0.15) is 20.8 Å². The average Bonchev–Trinajstić information content (AvgIpc) is 2.31. The molecular formula is C10H20N2S. The Morgan fingerprint density at radius 3 is 2.31 bits per heavy atom. The summed E-state index contributed by atoms with van der Waals surface area (Å²) < 4.78 is 0. The van der Waals surface area contributed by atoms with Gasteiger partial charge in [0.1, 0.15) is 0 Å². The maximum absolute atomic E-state index is 5.59. The van der Waals surface area contributed by atoms with E-state index in [9.17, 15) is 0 Å². The van der Waals surface area contributed by atoms with Gasteiger partial charge < -0.3 is 10.6 Å². The molecular weight excluding hydrogens is 180 g/mol. The van der Waals surface area contributed by atoms with Gasteiger partial charge in [-0.3, -0.25) is 0 Å². The Morgan fingerprint density at radius 1 is 1.46 bits per heavy atom. The normalized spacial score (nSPS) is 31.9. The molecule has 1 aliphatic heterocycles. The van der Waals surface area contributed by atoms with Gasteiger partial charge in [0.25, 0.3) is 0 Å². The molecule has 2 N–H and O–H groups in total. The number of nitrogens with two attached hydrogens (primary N) is 1. The van der Waals surface area contributed by atoms with Crippen LogP contribution in [0.3, 0.4) is 0 Å². The lowest BCUT2D eigenvalue weighted by Crippen LogP contribution is -2.32. The molecule has 1 aliphatic rings. The fraction of sp³-hybridized carbons (Fsp3) is 0.900. The average molecular weight is 200 g/mol. The Kier molecular flexibility index (Phi) is 3.68. The van der Waals surface area contributed by atoms with Crippen molar-refractivity contribution in [3.05, 3.63) is 0 Å². The van der Waals surface area contributed by atoms with Crippen molar-refractivity contribution in [3.8, 4) is 0 Å². The molecule has 0 aromatic heterocycles. The van der Waals surface area contributed by atoms with E-state index in [1.807, 2.05) is 0 Å². The van der Waals surface area contributed by atoms with E-state index in [4.69, 9.17) is 18.0 Å². The molecule has 1 fully saturated rings. The maximum Gasteiger partial charge on any atom is 0.0768 e. The van der Waals surface area contributed by atoms with E-state index < -0.39 is 0 Å². The predicted molar refractivity (Wildman–Crippen MR) is 60.7 cm³/mol. The molecule has 0 aliphatic carbocycles. The van der Waals surface area contributed by atoms with E-state index in [-0.39, 0.29) is 0 Å². The molecule has 3 atom stereocenters. The van der Waals surface area contributed by atoms with Crippen molar-refractivity contribution in [1.82, 2.24) is 4.90 Å². The molecule has 0 saturated carbocycles. The largest absolute Gasteiger partial charge is 0.393 e. The third-order valence-corrected chi connectivity index (χ3v) is 3.48. The zero-order chi connectivity index (χ0) is 10.0. The number of rotatable bonds is 3. The summed E-state index contributed by atoms with van der Waals surface area (Å²) in [5.74, 6) is 1.99. The minimum absolute atomic E-state index is 0.354. The van der Waals surface area contributed by atoms with E-state index in [1.54, 1.807) is 0 Å². The van der Waals surface area contributed by atoms with Crippen LogP contribution in [0.2, 0.25) is 0 Å². The van der Waals surface area contributed by atoms with Gasteiger partial charge in [-0.05, 0) is 11.8 Å². The fourth-order valence-corrected chi connectivity index (χ4v) is 1.95. The minimum atomic E-state index is 0.354. The molecule has 0 spiro atoms. The van der Waals surface area contributed by atoms with Gasteiger partial charge in [-0.15, -0.1) is 0 Å². The third kappa shape index (κ3) is 2.92. The first kappa shape index (κ1) is 10.9. The van der Waals surface area contributed by atoms with E-state index in [2.05, 4.69) is 25.7 Å². The second kappa shape index (κ2) is 4.38. The zero-order valence-electron chi connectivity index (χ0n) is 8.79. The molecule has 2 nitrogen and oxygen atoms in total. The van der Waals surface area contributed by atoms with Gasteiger partial charge >= 0.3 is 0 Å². The molecule has 0 radical (unpaired) electrons. The lowest BCUT2D eigenvalue weighted by atomic mass is 10.0. The summed E-state index contributed by atoms with van der Waals surface area (Å²) in [5.41, 5.74) is 5.59. The van der Waals surface area contributed by atoms with E-state index >= 15 is 0 Å². The number of likely N-dealkylation sites (tertiary alicyclic amines) is 1. The van der Waals surface area contributed by atoms with Crippen molar-refractivity contribution in [2.45, 2.75) is 20.8 Å². The van der Waals surface area contributed by atoms with Crippen LogP contribution in [-0.4, -0.2) is 29.5 Å². The maximum atomic E-state index is 5.59. The summed E-state index contributed by atoms with van der Waals surface area (Å²) in [6.45, 7) is 10.2. The molecule has 1 saturated heterocycles. The van der Waals surface area contributed by atoms with E-state index in [0.717, 1.165) is 18.4 Å². The molecule has 0 amide bonds. The van der Waals surface area contributed by atoms with Crippen LogP contribution >= 0.6 is 12.2 Å². The van der Waals surface area contributed by atoms with Gasteiger partial charge in [0.15, 0.2) is 0 Å². The molecule has 0 aromatic rings. The number of hydrogen-bond acceptors (Lipinski definition) is 2. The number of thiocarbonyl (C=S) groups is 1. The molecule has 3 unspecified atom stereocenters. The zero-order valence-corrected chi connectivity index (χ0v) is 9.60. The van der Waals surface area contributed by atoms with Gasteiger partial charge in [-0.2, -0.15) is 0 Å². The number of nitrogens with zero attached hydrogens (tertiary/aromatic N) is 1. The van der Waals surface area contributed by atoms with E-state index in [0.29, 0.717) is 10.9 Å². The van der Waals surface area contributed by atoms with E-state index in [1.165, 1.54) is 13.1 Å². The highest BCUT2D eigenvalue weighted by molar-refractivity contribution is 7.80. The highest BCUT2D eigenvalue weighted by Crippen LogP contribution is 2.22. The Morgan fingerprint density at radius 2 is 1.92 bits per heavy atom. The van der Waals surface area contributed by atoms with Gasteiger partial charge in [-0.1, -0.05) is 33.0 Å². The van der Waals surface area contributed by atoms with Crippen molar-refractivity contribution in [2.75, 3.05) is 19.6 Å². The molecule has 0 aromatic carbocycles. The standard InChI is InChI=1S/C10H20N2S/c1-7-4-12(5-8(7)2)6-9(3)10(11)13/h7-9H,4-6H2,1-3H3,(H2,11,13). The van der Waals surface area contributed by atoms with Crippen molar-refractivity contribution < 1.29 is 0 Å². The smallest absolute Gasteiger partial charge is 0.0768 e. The summed E-state index contributed by atoms with van der Waals surface area (Å²) in [6.07, 6.45) is 0. The monoisotopic (exact) mass is 200 g/mol. The molecule has 3 heteroatoms. The Balaban J connectivity index is 2.35. The second-order valence-electron chi connectivity index (χ2n) is 4.48. The quantitative estimate of drug-likeness (QED) is 0.700. The highest BCUT2D eigenvalue weighted by Gasteiger charge is 2.26. The van der Waals surface area contributed by atoms with Crippen LogP contribution in [0.4, 0.5) is 0 Å². The van der Waals surface area contributed by atoms with Gasteiger partial charge in [0.2, 0.25) is 0 Å².